The average molecular weight is 413 g/mol. The molecule has 2 aromatic carbocycles. The highest BCUT2D eigenvalue weighted by Gasteiger charge is 2.15. The third kappa shape index (κ3) is 5.26. The summed E-state index contributed by atoms with van der Waals surface area (Å²) in [4.78, 5) is 8.30. The minimum absolute atomic E-state index is 0.0370. The van der Waals surface area contributed by atoms with Crippen molar-refractivity contribution in [1.29, 1.82) is 0 Å². The van der Waals surface area contributed by atoms with Crippen LogP contribution in [0.25, 0.3) is 0 Å². The summed E-state index contributed by atoms with van der Waals surface area (Å²) in [5, 5.41) is 17.7. The summed E-state index contributed by atoms with van der Waals surface area (Å²) >= 11 is 0. The Labute approximate surface area is 168 Å². The van der Waals surface area contributed by atoms with E-state index in [1.165, 1.54) is 25.3 Å². The number of phenolic OH excluding ortho intramolecular Hbond substituents is 1. The van der Waals surface area contributed by atoms with E-state index in [4.69, 9.17) is 4.74 Å². The standard InChI is InChI=1S/C19H19N5O4S/c1-13-10-18(23-20-12-14-8-9-16(25)17(11-14)28-2)22-19(21-13)24-29(26,27)15-6-4-3-5-7-15/h3-11,25H,12H2,1-2H3,(H,21,22,24). The molecule has 0 atom stereocenters. The lowest BCUT2D eigenvalue weighted by atomic mass is 10.2. The Morgan fingerprint density at radius 3 is 2.59 bits per heavy atom. The molecule has 0 saturated carbocycles. The van der Waals surface area contributed by atoms with Gasteiger partial charge in [0, 0.05) is 11.8 Å². The zero-order valence-electron chi connectivity index (χ0n) is 15.8. The van der Waals surface area contributed by atoms with Crippen molar-refractivity contribution in [3.63, 3.8) is 0 Å². The van der Waals surface area contributed by atoms with Gasteiger partial charge in [0.15, 0.2) is 17.3 Å². The number of hydrogen-bond acceptors (Lipinski definition) is 8. The monoisotopic (exact) mass is 413 g/mol. The van der Waals surface area contributed by atoms with E-state index in [2.05, 4.69) is 24.9 Å². The van der Waals surface area contributed by atoms with E-state index < -0.39 is 10.0 Å². The molecular weight excluding hydrogens is 394 g/mol. The molecule has 2 N–H and O–H groups in total. The van der Waals surface area contributed by atoms with Crippen LogP contribution >= 0.6 is 0 Å². The molecule has 3 rings (SSSR count). The summed E-state index contributed by atoms with van der Waals surface area (Å²) in [7, 11) is -2.35. The van der Waals surface area contributed by atoms with Crippen LogP contribution in [0.1, 0.15) is 11.3 Å². The van der Waals surface area contributed by atoms with Crippen molar-refractivity contribution >= 4 is 21.8 Å². The van der Waals surface area contributed by atoms with Gasteiger partial charge in [-0.2, -0.15) is 10.1 Å². The normalized spacial score (nSPS) is 11.5. The van der Waals surface area contributed by atoms with Crippen molar-refractivity contribution in [3.05, 3.63) is 65.9 Å². The number of phenols is 1. The van der Waals surface area contributed by atoms with Gasteiger partial charge in [-0.15, -0.1) is 5.11 Å². The summed E-state index contributed by atoms with van der Waals surface area (Å²) in [5.41, 5.74) is 1.31. The summed E-state index contributed by atoms with van der Waals surface area (Å²) in [6, 6.07) is 14.4. The first kappa shape index (κ1) is 20.2. The lowest BCUT2D eigenvalue weighted by Gasteiger charge is -2.07. The fraction of sp³-hybridized carbons (Fsp3) is 0.158. The maximum absolute atomic E-state index is 12.4. The number of rotatable bonds is 7. The van der Waals surface area contributed by atoms with Gasteiger partial charge in [-0.05, 0) is 36.8 Å². The maximum atomic E-state index is 12.4. The molecule has 0 unspecified atom stereocenters. The van der Waals surface area contributed by atoms with Gasteiger partial charge in [0.05, 0.1) is 18.6 Å². The van der Waals surface area contributed by atoms with Crippen LogP contribution in [0.2, 0.25) is 0 Å². The number of ether oxygens (including phenoxy) is 1. The second kappa shape index (κ2) is 8.65. The number of hydrogen-bond donors (Lipinski definition) is 2. The molecule has 29 heavy (non-hydrogen) atoms. The molecule has 150 valence electrons. The Morgan fingerprint density at radius 1 is 1.10 bits per heavy atom. The van der Waals surface area contributed by atoms with Crippen molar-refractivity contribution in [2.45, 2.75) is 18.4 Å². The van der Waals surface area contributed by atoms with Crippen LogP contribution in [0.5, 0.6) is 11.5 Å². The van der Waals surface area contributed by atoms with Crippen molar-refractivity contribution in [2.24, 2.45) is 10.2 Å². The largest absolute Gasteiger partial charge is 0.504 e. The number of aromatic nitrogens is 2. The molecule has 0 saturated heterocycles. The number of nitrogens with one attached hydrogen (secondary N) is 1. The van der Waals surface area contributed by atoms with E-state index in [1.807, 2.05) is 0 Å². The van der Waals surface area contributed by atoms with Crippen LogP contribution in [0.3, 0.4) is 0 Å². The third-order valence-electron chi connectivity index (χ3n) is 3.79. The fourth-order valence-corrected chi connectivity index (χ4v) is 3.40. The smallest absolute Gasteiger partial charge is 0.264 e. The Bertz CT molecular complexity index is 1130. The van der Waals surface area contributed by atoms with Crippen LogP contribution in [-0.4, -0.2) is 30.6 Å². The summed E-state index contributed by atoms with van der Waals surface area (Å²) in [6.45, 7) is 1.93. The zero-order chi connectivity index (χ0) is 20.9. The summed E-state index contributed by atoms with van der Waals surface area (Å²) < 4.78 is 32.3. The van der Waals surface area contributed by atoms with E-state index in [-0.39, 0.29) is 29.0 Å². The number of nitrogens with zero attached hydrogens (tertiary/aromatic N) is 4. The number of azo groups is 1. The second-order valence-electron chi connectivity index (χ2n) is 6.02. The Kier molecular flexibility index (Phi) is 6.03. The van der Waals surface area contributed by atoms with Crippen LogP contribution < -0.4 is 9.46 Å². The molecule has 0 aliphatic heterocycles. The Hall–Kier alpha value is -3.53. The summed E-state index contributed by atoms with van der Waals surface area (Å²) in [6.07, 6.45) is 0. The molecule has 0 aliphatic rings. The highest BCUT2D eigenvalue weighted by molar-refractivity contribution is 7.92. The number of sulfonamides is 1. The summed E-state index contributed by atoms with van der Waals surface area (Å²) in [5.74, 6) is 0.506. The Morgan fingerprint density at radius 2 is 1.86 bits per heavy atom. The van der Waals surface area contributed by atoms with Gasteiger partial charge in [0.2, 0.25) is 5.95 Å². The van der Waals surface area contributed by atoms with Crippen molar-refractivity contribution < 1.29 is 18.3 Å². The number of benzene rings is 2. The second-order valence-corrected chi connectivity index (χ2v) is 7.70. The Balaban J connectivity index is 1.76. The number of aromatic hydroxyl groups is 1. The zero-order valence-corrected chi connectivity index (χ0v) is 16.6. The molecule has 10 heteroatoms. The molecule has 9 nitrogen and oxygen atoms in total. The van der Waals surface area contributed by atoms with Crippen LogP contribution in [0.15, 0.2) is 69.7 Å². The first-order valence-electron chi connectivity index (χ1n) is 8.54. The lowest BCUT2D eigenvalue weighted by molar-refractivity contribution is 0.373. The van der Waals surface area contributed by atoms with E-state index in [0.29, 0.717) is 11.4 Å². The molecule has 0 spiro atoms. The minimum atomic E-state index is -3.81. The molecular formula is C19H19N5O4S. The quantitative estimate of drug-likeness (QED) is 0.570. The van der Waals surface area contributed by atoms with Gasteiger partial charge in [-0.1, -0.05) is 24.3 Å². The predicted octanol–water partition coefficient (Wildman–Crippen LogP) is 3.58. The molecule has 0 amide bonds. The van der Waals surface area contributed by atoms with Crippen LogP contribution in [0, 0.1) is 6.92 Å². The maximum Gasteiger partial charge on any atom is 0.264 e. The van der Waals surface area contributed by atoms with Gasteiger partial charge in [-0.25, -0.2) is 18.1 Å². The average Bonchev–Trinajstić information content (AvgIpc) is 2.69. The lowest BCUT2D eigenvalue weighted by Crippen LogP contribution is -2.15. The number of aryl methyl sites for hydroxylation is 1. The fourth-order valence-electron chi connectivity index (χ4n) is 2.44. The van der Waals surface area contributed by atoms with Crippen LogP contribution in [0.4, 0.5) is 11.8 Å². The number of methoxy groups -OCH3 is 1. The molecule has 3 aromatic rings. The minimum Gasteiger partial charge on any atom is -0.504 e. The predicted molar refractivity (Wildman–Crippen MR) is 107 cm³/mol. The van der Waals surface area contributed by atoms with E-state index in [1.54, 1.807) is 43.3 Å². The van der Waals surface area contributed by atoms with E-state index >= 15 is 0 Å². The SMILES string of the molecule is COc1cc(CN=Nc2cc(C)nc(NS(=O)(=O)c3ccccc3)n2)ccc1O. The van der Waals surface area contributed by atoms with E-state index in [9.17, 15) is 13.5 Å². The van der Waals surface area contributed by atoms with Gasteiger partial charge in [-0.3, -0.25) is 0 Å². The molecule has 0 aliphatic carbocycles. The molecule has 0 bridgehead atoms. The van der Waals surface area contributed by atoms with Gasteiger partial charge in [0.25, 0.3) is 10.0 Å². The van der Waals surface area contributed by atoms with Crippen molar-refractivity contribution in [1.82, 2.24) is 9.97 Å². The number of anilines is 1. The molecule has 1 heterocycles. The molecule has 1 aromatic heterocycles. The third-order valence-corrected chi connectivity index (χ3v) is 5.13. The van der Waals surface area contributed by atoms with Crippen molar-refractivity contribution in [3.8, 4) is 11.5 Å². The highest BCUT2D eigenvalue weighted by Crippen LogP contribution is 2.26. The topological polar surface area (TPSA) is 126 Å². The van der Waals surface area contributed by atoms with Crippen LogP contribution in [-0.2, 0) is 16.6 Å². The first-order valence-corrected chi connectivity index (χ1v) is 10.0. The highest BCUT2D eigenvalue weighted by atomic mass is 32.2. The van der Waals surface area contributed by atoms with E-state index in [0.717, 1.165) is 5.56 Å². The molecule has 0 radical (unpaired) electrons. The van der Waals surface area contributed by atoms with Gasteiger partial charge in [0.1, 0.15) is 0 Å². The van der Waals surface area contributed by atoms with Gasteiger partial charge < -0.3 is 9.84 Å². The molecule has 0 fully saturated rings. The van der Waals surface area contributed by atoms with Crippen molar-refractivity contribution in [2.75, 3.05) is 11.8 Å². The van der Waals surface area contributed by atoms with Gasteiger partial charge >= 0.3 is 0 Å². The first-order chi connectivity index (χ1) is 13.9.